The van der Waals surface area contributed by atoms with Gasteiger partial charge >= 0.3 is 0 Å². The average molecular weight is 301 g/mol. The Kier molecular flexibility index (Phi) is 3.38. The van der Waals surface area contributed by atoms with Crippen LogP contribution in [-0.4, -0.2) is 5.91 Å². The van der Waals surface area contributed by atoms with Crippen molar-refractivity contribution in [3.05, 3.63) is 58.6 Å². The summed E-state index contributed by atoms with van der Waals surface area (Å²) in [6.45, 7) is 1.94. The molecule has 0 bridgehead atoms. The van der Waals surface area contributed by atoms with Crippen LogP contribution in [0.15, 0.2) is 42.5 Å². The first-order chi connectivity index (χ1) is 10.0. The number of benzene rings is 2. The van der Waals surface area contributed by atoms with E-state index in [1.165, 1.54) is 0 Å². The predicted octanol–water partition coefficient (Wildman–Crippen LogP) is 3.90. The largest absolute Gasteiger partial charge is 0.399 e. The van der Waals surface area contributed by atoms with Crippen molar-refractivity contribution in [1.82, 2.24) is 0 Å². The normalized spacial score (nSPS) is 15.5. The minimum Gasteiger partial charge on any atom is -0.399 e. The Morgan fingerprint density at radius 3 is 2.43 bits per heavy atom. The summed E-state index contributed by atoms with van der Waals surface area (Å²) in [5.41, 5.74) is 8.75. The van der Waals surface area contributed by atoms with E-state index in [0.717, 1.165) is 29.7 Å². The summed E-state index contributed by atoms with van der Waals surface area (Å²) in [6, 6.07) is 13.1. The van der Waals surface area contributed by atoms with Gasteiger partial charge in [-0.25, -0.2) is 0 Å². The molecule has 2 aromatic rings. The van der Waals surface area contributed by atoms with E-state index in [1.807, 2.05) is 43.3 Å². The van der Waals surface area contributed by atoms with E-state index in [-0.39, 0.29) is 5.91 Å². The Balaban J connectivity index is 1.81. The fraction of sp³-hybridized carbons (Fsp3) is 0.235. The quantitative estimate of drug-likeness (QED) is 0.845. The smallest absolute Gasteiger partial charge is 0.235 e. The van der Waals surface area contributed by atoms with Crippen molar-refractivity contribution in [3.8, 4) is 0 Å². The van der Waals surface area contributed by atoms with Crippen molar-refractivity contribution < 1.29 is 4.79 Å². The standard InChI is InChI=1S/C17H17ClN2O/c1-11-2-7-14(10-15(11)18)20-16(21)17(8-9-17)12-3-5-13(19)6-4-12/h2-7,10H,8-9,19H2,1H3,(H,20,21). The molecule has 108 valence electrons. The molecule has 0 atom stereocenters. The zero-order valence-corrected chi connectivity index (χ0v) is 12.6. The molecule has 0 aromatic heterocycles. The minimum atomic E-state index is -0.412. The SMILES string of the molecule is Cc1ccc(NC(=O)C2(c3ccc(N)cc3)CC2)cc1Cl. The third-order valence-electron chi connectivity index (χ3n) is 4.08. The third-order valence-corrected chi connectivity index (χ3v) is 4.48. The molecule has 21 heavy (non-hydrogen) atoms. The highest BCUT2D eigenvalue weighted by molar-refractivity contribution is 6.31. The van der Waals surface area contributed by atoms with E-state index in [4.69, 9.17) is 17.3 Å². The maximum Gasteiger partial charge on any atom is 0.235 e. The number of carbonyl (C=O) groups excluding carboxylic acids is 1. The molecule has 3 N–H and O–H groups in total. The second-order valence-electron chi connectivity index (χ2n) is 5.62. The Hall–Kier alpha value is -2.00. The van der Waals surface area contributed by atoms with Gasteiger partial charge in [0.2, 0.25) is 5.91 Å². The van der Waals surface area contributed by atoms with Crippen LogP contribution < -0.4 is 11.1 Å². The lowest BCUT2D eigenvalue weighted by Gasteiger charge is -2.16. The van der Waals surface area contributed by atoms with Gasteiger partial charge in [-0.2, -0.15) is 0 Å². The fourth-order valence-corrected chi connectivity index (χ4v) is 2.68. The highest BCUT2D eigenvalue weighted by Gasteiger charge is 2.51. The zero-order chi connectivity index (χ0) is 15.0. The number of anilines is 2. The summed E-state index contributed by atoms with van der Waals surface area (Å²) in [5, 5.41) is 3.63. The number of aryl methyl sites for hydroxylation is 1. The van der Waals surface area contributed by atoms with Gasteiger partial charge < -0.3 is 11.1 Å². The highest BCUT2D eigenvalue weighted by Crippen LogP contribution is 2.49. The van der Waals surface area contributed by atoms with E-state index in [1.54, 1.807) is 6.07 Å². The van der Waals surface area contributed by atoms with Gasteiger partial charge in [-0.05, 0) is 55.2 Å². The number of rotatable bonds is 3. The lowest BCUT2D eigenvalue weighted by Crippen LogP contribution is -2.27. The van der Waals surface area contributed by atoms with E-state index in [2.05, 4.69) is 5.32 Å². The third kappa shape index (κ3) is 2.61. The molecule has 0 spiro atoms. The van der Waals surface area contributed by atoms with Crippen LogP contribution in [0, 0.1) is 6.92 Å². The number of hydrogen-bond donors (Lipinski definition) is 2. The van der Waals surface area contributed by atoms with Gasteiger partial charge in [0.15, 0.2) is 0 Å². The number of hydrogen-bond acceptors (Lipinski definition) is 2. The molecule has 1 aliphatic rings. The average Bonchev–Trinajstić information content (AvgIpc) is 3.25. The van der Waals surface area contributed by atoms with Gasteiger partial charge in [-0.15, -0.1) is 0 Å². The van der Waals surface area contributed by atoms with Crippen molar-refractivity contribution in [1.29, 1.82) is 0 Å². The second kappa shape index (κ2) is 5.08. The molecule has 1 aliphatic carbocycles. The van der Waals surface area contributed by atoms with Crippen LogP contribution in [0.1, 0.15) is 24.0 Å². The van der Waals surface area contributed by atoms with Crippen molar-refractivity contribution in [2.75, 3.05) is 11.1 Å². The molecule has 1 amide bonds. The van der Waals surface area contributed by atoms with E-state index in [0.29, 0.717) is 10.7 Å². The molecule has 0 unspecified atom stereocenters. The molecule has 0 heterocycles. The molecule has 4 heteroatoms. The monoisotopic (exact) mass is 300 g/mol. The molecule has 0 radical (unpaired) electrons. The molecule has 2 aromatic carbocycles. The van der Waals surface area contributed by atoms with Crippen LogP contribution in [0.5, 0.6) is 0 Å². The van der Waals surface area contributed by atoms with Gasteiger partial charge in [0.05, 0.1) is 5.41 Å². The predicted molar refractivity (Wildman–Crippen MR) is 86.6 cm³/mol. The van der Waals surface area contributed by atoms with Gasteiger partial charge in [0.1, 0.15) is 0 Å². The number of amides is 1. The Bertz CT molecular complexity index is 690. The fourth-order valence-electron chi connectivity index (χ4n) is 2.50. The second-order valence-corrected chi connectivity index (χ2v) is 6.03. The van der Waals surface area contributed by atoms with Crippen LogP contribution in [-0.2, 0) is 10.2 Å². The number of nitrogen functional groups attached to an aromatic ring is 1. The Morgan fingerprint density at radius 1 is 1.19 bits per heavy atom. The molecule has 3 rings (SSSR count). The molecule has 0 aliphatic heterocycles. The first-order valence-electron chi connectivity index (χ1n) is 6.95. The first kappa shape index (κ1) is 14.0. The Labute approximate surface area is 129 Å². The maximum atomic E-state index is 12.6. The highest BCUT2D eigenvalue weighted by atomic mass is 35.5. The molecule has 1 fully saturated rings. The van der Waals surface area contributed by atoms with Crippen LogP contribution in [0.3, 0.4) is 0 Å². The van der Waals surface area contributed by atoms with Gasteiger partial charge in [0.25, 0.3) is 0 Å². The minimum absolute atomic E-state index is 0.0205. The van der Waals surface area contributed by atoms with Crippen molar-refractivity contribution in [2.45, 2.75) is 25.2 Å². The number of nitrogens with two attached hydrogens (primary N) is 1. The lowest BCUT2D eigenvalue weighted by molar-refractivity contribution is -0.118. The van der Waals surface area contributed by atoms with Crippen LogP contribution in [0.2, 0.25) is 5.02 Å². The van der Waals surface area contributed by atoms with Crippen LogP contribution in [0.25, 0.3) is 0 Å². The maximum absolute atomic E-state index is 12.6. The summed E-state index contributed by atoms with van der Waals surface area (Å²) < 4.78 is 0. The summed E-state index contributed by atoms with van der Waals surface area (Å²) in [6.07, 6.45) is 1.73. The lowest BCUT2D eigenvalue weighted by atomic mass is 9.94. The molecular weight excluding hydrogens is 284 g/mol. The van der Waals surface area contributed by atoms with Gasteiger partial charge in [-0.3, -0.25) is 4.79 Å². The summed E-state index contributed by atoms with van der Waals surface area (Å²) >= 11 is 6.10. The Morgan fingerprint density at radius 2 is 1.86 bits per heavy atom. The van der Waals surface area contributed by atoms with Crippen molar-refractivity contribution >= 4 is 28.9 Å². The first-order valence-corrected chi connectivity index (χ1v) is 7.33. The van der Waals surface area contributed by atoms with E-state index >= 15 is 0 Å². The molecule has 0 saturated heterocycles. The summed E-state index contributed by atoms with van der Waals surface area (Å²) in [4.78, 5) is 12.6. The summed E-state index contributed by atoms with van der Waals surface area (Å²) in [5.74, 6) is 0.0205. The zero-order valence-electron chi connectivity index (χ0n) is 11.8. The van der Waals surface area contributed by atoms with Gasteiger partial charge in [0, 0.05) is 16.4 Å². The van der Waals surface area contributed by atoms with E-state index in [9.17, 15) is 4.79 Å². The number of carbonyl (C=O) groups is 1. The van der Waals surface area contributed by atoms with E-state index < -0.39 is 5.41 Å². The van der Waals surface area contributed by atoms with Crippen molar-refractivity contribution in [2.24, 2.45) is 0 Å². The molecular formula is C17H17ClN2O. The van der Waals surface area contributed by atoms with Crippen LogP contribution >= 0.6 is 11.6 Å². The topological polar surface area (TPSA) is 55.1 Å². The van der Waals surface area contributed by atoms with Gasteiger partial charge in [-0.1, -0.05) is 29.8 Å². The number of nitrogens with one attached hydrogen (secondary N) is 1. The number of halogens is 1. The molecule has 1 saturated carbocycles. The van der Waals surface area contributed by atoms with Crippen molar-refractivity contribution in [3.63, 3.8) is 0 Å². The molecule has 3 nitrogen and oxygen atoms in total. The summed E-state index contributed by atoms with van der Waals surface area (Å²) in [7, 11) is 0. The van der Waals surface area contributed by atoms with Crippen LogP contribution in [0.4, 0.5) is 11.4 Å².